The van der Waals surface area contributed by atoms with Gasteiger partial charge in [0.05, 0.1) is 12.3 Å². The van der Waals surface area contributed by atoms with Gasteiger partial charge in [-0.05, 0) is 19.4 Å². The van der Waals surface area contributed by atoms with Gasteiger partial charge in [-0.2, -0.15) is 0 Å². The number of guanidine groups is 1. The lowest BCUT2D eigenvalue weighted by molar-refractivity contribution is 0.477. The molecule has 0 saturated heterocycles. The molecule has 0 fully saturated rings. The summed E-state index contributed by atoms with van der Waals surface area (Å²) < 4.78 is 25.2. The Labute approximate surface area is 133 Å². The molecular formula is C15H26N4O2S. The Morgan fingerprint density at radius 3 is 2.50 bits per heavy atom. The maximum atomic E-state index is 11.4. The number of nitrogens with one attached hydrogen (secondary N) is 2. The Morgan fingerprint density at radius 1 is 1.23 bits per heavy atom. The van der Waals surface area contributed by atoms with Crippen LogP contribution in [0.25, 0.3) is 0 Å². The quantitative estimate of drug-likeness (QED) is 0.425. The Bertz CT molecular complexity index is 558. The van der Waals surface area contributed by atoms with Gasteiger partial charge in [0.25, 0.3) is 0 Å². The molecule has 0 amide bonds. The molecule has 0 aliphatic rings. The van der Waals surface area contributed by atoms with Crippen molar-refractivity contribution in [1.82, 2.24) is 14.9 Å². The van der Waals surface area contributed by atoms with Crippen LogP contribution < -0.4 is 10.0 Å². The van der Waals surface area contributed by atoms with E-state index < -0.39 is 10.0 Å². The van der Waals surface area contributed by atoms with E-state index in [0.29, 0.717) is 13.1 Å². The summed E-state index contributed by atoms with van der Waals surface area (Å²) in [4.78, 5) is 6.47. The van der Waals surface area contributed by atoms with Gasteiger partial charge in [-0.15, -0.1) is 0 Å². The zero-order valence-electron chi connectivity index (χ0n) is 13.5. The van der Waals surface area contributed by atoms with Crippen LogP contribution in [-0.2, 0) is 16.6 Å². The number of rotatable bonds is 8. The van der Waals surface area contributed by atoms with Crippen LogP contribution in [0.5, 0.6) is 0 Å². The van der Waals surface area contributed by atoms with Gasteiger partial charge in [-0.1, -0.05) is 30.3 Å². The van der Waals surface area contributed by atoms with E-state index in [1.807, 2.05) is 37.1 Å². The molecule has 0 bridgehead atoms. The lowest BCUT2D eigenvalue weighted by Crippen LogP contribution is -2.39. The predicted octanol–water partition coefficient (Wildman–Crippen LogP) is 1.02. The maximum Gasteiger partial charge on any atom is 0.211 e. The second-order valence-corrected chi connectivity index (χ2v) is 6.97. The highest BCUT2D eigenvalue weighted by Crippen LogP contribution is 2.02. The van der Waals surface area contributed by atoms with E-state index in [2.05, 4.69) is 27.2 Å². The number of sulfonamides is 1. The van der Waals surface area contributed by atoms with E-state index in [-0.39, 0.29) is 5.75 Å². The van der Waals surface area contributed by atoms with Gasteiger partial charge >= 0.3 is 0 Å². The second kappa shape index (κ2) is 9.42. The molecular weight excluding hydrogens is 300 g/mol. The number of aliphatic imine (C=N–C) groups is 1. The Morgan fingerprint density at radius 2 is 1.91 bits per heavy atom. The van der Waals surface area contributed by atoms with Crippen molar-refractivity contribution in [1.29, 1.82) is 0 Å². The smallest absolute Gasteiger partial charge is 0.211 e. The average molecular weight is 326 g/mol. The van der Waals surface area contributed by atoms with Crippen molar-refractivity contribution in [2.45, 2.75) is 20.4 Å². The SMILES string of the molecule is CCNC(=NCCNS(=O)(=O)CC)N(C)Cc1ccccc1. The van der Waals surface area contributed by atoms with E-state index in [0.717, 1.165) is 19.0 Å². The molecule has 0 aliphatic heterocycles. The molecule has 0 atom stereocenters. The molecule has 0 radical (unpaired) electrons. The normalized spacial score (nSPS) is 12.2. The fourth-order valence-electron chi connectivity index (χ4n) is 1.87. The topological polar surface area (TPSA) is 73.8 Å². The van der Waals surface area contributed by atoms with Gasteiger partial charge < -0.3 is 10.2 Å². The highest BCUT2D eigenvalue weighted by atomic mass is 32.2. The van der Waals surface area contributed by atoms with Crippen molar-refractivity contribution < 1.29 is 8.42 Å². The molecule has 1 aromatic carbocycles. The van der Waals surface area contributed by atoms with Crippen LogP contribution in [0.4, 0.5) is 0 Å². The van der Waals surface area contributed by atoms with Gasteiger partial charge in [-0.3, -0.25) is 4.99 Å². The van der Waals surface area contributed by atoms with Crippen molar-refractivity contribution in [3.63, 3.8) is 0 Å². The molecule has 0 heterocycles. The van der Waals surface area contributed by atoms with E-state index in [4.69, 9.17) is 0 Å². The standard InChI is InChI=1S/C15H26N4O2S/c1-4-16-15(17-11-12-18-22(20,21)5-2)19(3)13-14-9-7-6-8-10-14/h6-10,18H,4-5,11-13H2,1-3H3,(H,16,17). The van der Waals surface area contributed by atoms with E-state index >= 15 is 0 Å². The minimum atomic E-state index is -3.15. The number of hydrogen-bond acceptors (Lipinski definition) is 3. The summed E-state index contributed by atoms with van der Waals surface area (Å²) >= 11 is 0. The second-order valence-electron chi connectivity index (χ2n) is 4.88. The minimum Gasteiger partial charge on any atom is -0.357 e. The molecule has 7 heteroatoms. The highest BCUT2D eigenvalue weighted by Gasteiger charge is 2.07. The van der Waals surface area contributed by atoms with Gasteiger partial charge in [-0.25, -0.2) is 13.1 Å². The molecule has 124 valence electrons. The molecule has 6 nitrogen and oxygen atoms in total. The minimum absolute atomic E-state index is 0.0880. The third-order valence-corrected chi connectivity index (χ3v) is 4.44. The van der Waals surface area contributed by atoms with Crippen LogP contribution in [0.3, 0.4) is 0 Å². The van der Waals surface area contributed by atoms with Crippen molar-refractivity contribution >= 4 is 16.0 Å². The van der Waals surface area contributed by atoms with Crippen LogP contribution in [0, 0.1) is 0 Å². The van der Waals surface area contributed by atoms with Gasteiger partial charge in [0.2, 0.25) is 10.0 Å². The first-order valence-corrected chi connectivity index (χ1v) is 9.14. The van der Waals surface area contributed by atoms with Crippen molar-refractivity contribution in [3.05, 3.63) is 35.9 Å². The molecule has 0 spiro atoms. The Balaban J connectivity index is 2.57. The molecule has 1 rings (SSSR count). The van der Waals surface area contributed by atoms with Crippen LogP contribution in [0.15, 0.2) is 35.3 Å². The third kappa shape index (κ3) is 6.91. The predicted molar refractivity (Wildman–Crippen MR) is 91.4 cm³/mol. The van der Waals surface area contributed by atoms with Crippen LogP contribution in [-0.4, -0.2) is 51.7 Å². The summed E-state index contributed by atoms with van der Waals surface area (Å²) in [6, 6.07) is 10.1. The summed E-state index contributed by atoms with van der Waals surface area (Å²) in [5.41, 5.74) is 1.20. The fourth-order valence-corrected chi connectivity index (χ4v) is 2.47. The molecule has 1 aromatic rings. The van der Waals surface area contributed by atoms with Crippen LogP contribution >= 0.6 is 0 Å². The first-order valence-electron chi connectivity index (χ1n) is 7.49. The summed E-state index contributed by atoms with van der Waals surface area (Å²) in [7, 11) is -1.19. The lowest BCUT2D eigenvalue weighted by atomic mass is 10.2. The largest absolute Gasteiger partial charge is 0.357 e. The van der Waals surface area contributed by atoms with Crippen molar-refractivity contribution in [2.24, 2.45) is 4.99 Å². The molecule has 0 unspecified atom stereocenters. The van der Waals surface area contributed by atoms with Gasteiger partial charge in [0, 0.05) is 26.7 Å². The third-order valence-electron chi connectivity index (χ3n) is 3.03. The zero-order valence-corrected chi connectivity index (χ0v) is 14.4. The maximum absolute atomic E-state index is 11.4. The first-order chi connectivity index (χ1) is 10.5. The Hall–Kier alpha value is -1.60. The molecule has 22 heavy (non-hydrogen) atoms. The molecule has 0 aromatic heterocycles. The number of nitrogens with zero attached hydrogens (tertiary/aromatic N) is 2. The summed E-state index contributed by atoms with van der Waals surface area (Å²) in [5.74, 6) is 0.854. The molecule has 0 saturated carbocycles. The average Bonchev–Trinajstić information content (AvgIpc) is 2.51. The lowest BCUT2D eigenvalue weighted by Gasteiger charge is -2.22. The monoisotopic (exact) mass is 326 g/mol. The summed E-state index contributed by atoms with van der Waals surface area (Å²) in [5, 5.41) is 3.21. The van der Waals surface area contributed by atoms with E-state index in [1.54, 1.807) is 6.92 Å². The first kappa shape index (κ1) is 18.4. The van der Waals surface area contributed by atoms with Gasteiger partial charge in [0.1, 0.15) is 0 Å². The van der Waals surface area contributed by atoms with Gasteiger partial charge in [0.15, 0.2) is 5.96 Å². The molecule has 0 aliphatic carbocycles. The van der Waals surface area contributed by atoms with Crippen molar-refractivity contribution in [2.75, 3.05) is 32.4 Å². The van der Waals surface area contributed by atoms with E-state index in [9.17, 15) is 8.42 Å². The Kier molecular flexibility index (Phi) is 7.90. The zero-order chi connectivity index (χ0) is 16.4. The highest BCUT2D eigenvalue weighted by molar-refractivity contribution is 7.89. The molecule has 2 N–H and O–H groups in total. The van der Waals surface area contributed by atoms with E-state index in [1.165, 1.54) is 5.56 Å². The number of benzene rings is 1. The van der Waals surface area contributed by atoms with Crippen molar-refractivity contribution in [3.8, 4) is 0 Å². The van der Waals surface area contributed by atoms with Crippen LogP contribution in [0.2, 0.25) is 0 Å². The summed E-state index contributed by atoms with van der Waals surface area (Å²) in [6.45, 7) is 5.84. The summed E-state index contributed by atoms with van der Waals surface area (Å²) in [6.07, 6.45) is 0. The van der Waals surface area contributed by atoms with Crippen LogP contribution in [0.1, 0.15) is 19.4 Å². The number of hydrogen-bond donors (Lipinski definition) is 2. The fraction of sp³-hybridized carbons (Fsp3) is 0.533.